The summed E-state index contributed by atoms with van der Waals surface area (Å²) >= 11 is 12.5. The number of phenolic OH excluding ortho intramolecular Hbond substituents is 2. The van der Waals surface area contributed by atoms with Crippen LogP contribution < -0.4 is 18.9 Å². The molecule has 2 N–H and O–H groups in total. The molecule has 0 unspecified atom stereocenters. The monoisotopic (exact) mass is 606 g/mol. The molecular formula is C32H28Cl2N2O6. The van der Waals surface area contributed by atoms with Gasteiger partial charge in [0.1, 0.15) is 11.5 Å². The van der Waals surface area contributed by atoms with Gasteiger partial charge in [-0.1, -0.05) is 47.5 Å². The fraction of sp³-hybridized carbons (Fsp3) is 0.250. The van der Waals surface area contributed by atoms with Gasteiger partial charge in [0.2, 0.25) is 13.6 Å². The molecule has 10 heteroatoms. The number of hydrogen-bond donors (Lipinski definition) is 2. The van der Waals surface area contributed by atoms with Crippen LogP contribution in [0.3, 0.4) is 0 Å². The van der Waals surface area contributed by atoms with Crippen LogP contribution in [0.5, 0.6) is 34.5 Å². The molecule has 42 heavy (non-hydrogen) atoms. The second kappa shape index (κ2) is 11.1. The Morgan fingerprint density at radius 1 is 0.524 bits per heavy atom. The summed E-state index contributed by atoms with van der Waals surface area (Å²) in [7, 11) is 0. The van der Waals surface area contributed by atoms with Gasteiger partial charge in [-0.3, -0.25) is 9.80 Å². The summed E-state index contributed by atoms with van der Waals surface area (Å²) in [5, 5.41) is 23.5. The predicted octanol–water partition coefficient (Wildman–Crippen LogP) is 6.36. The fourth-order valence-electron chi connectivity index (χ4n) is 6.05. The van der Waals surface area contributed by atoms with Gasteiger partial charge in [-0.05, 0) is 47.5 Å². The summed E-state index contributed by atoms with van der Waals surface area (Å²) in [4.78, 5) is 4.69. The van der Waals surface area contributed by atoms with Crippen molar-refractivity contribution in [1.82, 2.24) is 9.80 Å². The highest BCUT2D eigenvalue weighted by atomic mass is 35.5. The van der Waals surface area contributed by atoms with Gasteiger partial charge in [0.15, 0.2) is 23.0 Å². The Balaban J connectivity index is 1.22. The molecule has 216 valence electrons. The van der Waals surface area contributed by atoms with Gasteiger partial charge in [-0.2, -0.15) is 0 Å². The van der Waals surface area contributed by atoms with Gasteiger partial charge in [0.05, 0.1) is 12.1 Å². The van der Waals surface area contributed by atoms with Gasteiger partial charge < -0.3 is 29.2 Å². The minimum atomic E-state index is -0.244. The Labute approximate surface area is 253 Å². The molecule has 2 atom stereocenters. The zero-order chi connectivity index (χ0) is 28.8. The normalized spacial score (nSPS) is 17.8. The van der Waals surface area contributed by atoms with Gasteiger partial charge in [0.25, 0.3) is 0 Å². The van der Waals surface area contributed by atoms with E-state index in [0.717, 1.165) is 22.3 Å². The maximum absolute atomic E-state index is 11.1. The van der Waals surface area contributed by atoms with Crippen molar-refractivity contribution in [3.8, 4) is 34.5 Å². The summed E-state index contributed by atoms with van der Waals surface area (Å²) < 4.78 is 22.3. The molecule has 4 aromatic rings. The summed E-state index contributed by atoms with van der Waals surface area (Å²) in [6.45, 7) is 3.02. The van der Waals surface area contributed by atoms with Crippen LogP contribution in [0, 0.1) is 0 Å². The first-order valence-electron chi connectivity index (χ1n) is 13.7. The molecule has 0 aliphatic carbocycles. The number of hydrogen-bond acceptors (Lipinski definition) is 8. The number of phenols is 2. The van der Waals surface area contributed by atoms with Crippen LogP contribution in [0.15, 0.2) is 72.8 Å². The van der Waals surface area contributed by atoms with E-state index < -0.39 is 0 Å². The number of aromatic hydroxyl groups is 2. The van der Waals surface area contributed by atoms with Crippen molar-refractivity contribution in [2.45, 2.75) is 12.1 Å². The lowest BCUT2D eigenvalue weighted by Crippen LogP contribution is -2.49. The van der Waals surface area contributed by atoms with Crippen LogP contribution in [0.1, 0.15) is 34.3 Å². The van der Waals surface area contributed by atoms with Crippen LogP contribution in [0.4, 0.5) is 0 Å². The number of benzene rings is 4. The zero-order valence-electron chi connectivity index (χ0n) is 22.5. The molecular weight excluding hydrogens is 579 g/mol. The van der Waals surface area contributed by atoms with Crippen LogP contribution in [-0.2, 0) is 0 Å². The minimum Gasteiger partial charge on any atom is -0.507 e. The lowest BCUT2D eigenvalue weighted by molar-refractivity contribution is 0.0883. The molecule has 3 aliphatic heterocycles. The van der Waals surface area contributed by atoms with Gasteiger partial charge in [0, 0.05) is 59.5 Å². The Morgan fingerprint density at radius 2 is 0.857 bits per heavy atom. The molecule has 0 spiro atoms. The summed E-state index contributed by atoms with van der Waals surface area (Å²) in [6, 6.07) is 21.9. The number of fused-ring (bicyclic) bond motifs is 2. The van der Waals surface area contributed by atoms with E-state index in [0.29, 0.717) is 59.2 Å². The van der Waals surface area contributed by atoms with E-state index in [-0.39, 0.29) is 37.2 Å². The third-order valence-corrected chi connectivity index (χ3v) is 8.59. The van der Waals surface area contributed by atoms with E-state index in [1.807, 2.05) is 60.7 Å². The first kappa shape index (κ1) is 27.0. The summed E-state index contributed by atoms with van der Waals surface area (Å²) in [5.74, 6) is 2.58. The molecule has 7 rings (SSSR count). The average Bonchev–Trinajstić information content (AvgIpc) is 3.65. The second-order valence-corrected chi connectivity index (χ2v) is 11.4. The minimum absolute atomic E-state index is 0.126. The molecule has 4 aromatic carbocycles. The molecule has 8 nitrogen and oxygen atoms in total. The number of halogens is 2. The molecule has 3 aliphatic rings. The van der Waals surface area contributed by atoms with E-state index in [9.17, 15) is 10.2 Å². The van der Waals surface area contributed by atoms with Crippen molar-refractivity contribution in [2.75, 3.05) is 39.8 Å². The Hall–Kier alpha value is -3.82. The molecule has 1 fully saturated rings. The maximum Gasteiger partial charge on any atom is 0.231 e. The van der Waals surface area contributed by atoms with Crippen LogP contribution in [-0.4, -0.2) is 59.8 Å². The molecule has 0 radical (unpaired) electrons. The SMILES string of the molecule is Oc1cc2c(cc1[C@@H](c1ccc(Cl)cc1)N1CCN([C@@H](c3ccc(Cl)cc3)c3cc4c(cc3O)OCO4)CC1)OCO2. The third-order valence-electron chi connectivity index (χ3n) is 8.08. The summed E-state index contributed by atoms with van der Waals surface area (Å²) in [5.41, 5.74) is 3.48. The molecule has 1 saturated heterocycles. The fourth-order valence-corrected chi connectivity index (χ4v) is 6.30. The van der Waals surface area contributed by atoms with E-state index >= 15 is 0 Å². The van der Waals surface area contributed by atoms with Crippen molar-refractivity contribution in [1.29, 1.82) is 0 Å². The van der Waals surface area contributed by atoms with E-state index in [4.69, 9.17) is 42.1 Å². The maximum atomic E-state index is 11.1. The van der Waals surface area contributed by atoms with Crippen LogP contribution >= 0.6 is 23.2 Å². The Kier molecular flexibility index (Phi) is 7.15. The molecule has 0 aromatic heterocycles. The second-order valence-electron chi connectivity index (χ2n) is 10.5. The quantitative estimate of drug-likeness (QED) is 0.262. The van der Waals surface area contributed by atoms with Crippen molar-refractivity contribution in [2.24, 2.45) is 0 Å². The number of piperazine rings is 1. The van der Waals surface area contributed by atoms with Crippen molar-refractivity contribution < 1.29 is 29.2 Å². The lowest BCUT2D eigenvalue weighted by Gasteiger charge is -2.43. The number of ether oxygens (including phenoxy) is 4. The van der Waals surface area contributed by atoms with Gasteiger partial charge in [-0.15, -0.1) is 0 Å². The van der Waals surface area contributed by atoms with Crippen LogP contribution in [0.2, 0.25) is 10.0 Å². The largest absolute Gasteiger partial charge is 0.507 e. The standard InChI is InChI=1S/C32H28Cl2N2O6/c33-21-5-1-19(2-6-21)31(23-13-27-29(15-25(23)37)41-17-39-27)35-9-11-36(12-10-35)32(20-3-7-22(34)8-4-20)24-14-28-30(16-26(24)38)42-18-40-28/h1-8,13-16,31-32,37-38H,9-12,17-18H2/t31-,32+. The van der Waals surface area contributed by atoms with Crippen molar-refractivity contribution in [3.63, 3.8) is 0 Å². The summed E-state index contributed by atoms with van der Waals surface area (Å²) in [6.07, 6.45) is 0. The number of rotatable bonds is 6. The lowest BCUT2D eigenvalue weighted by atomic mass is 9.93. The molecule has 0 amide bonds. The van der Waals surface area contributed by atoms with Gasteiger partial charge >= 0.3 is 0 Å². The highest BCUT2D eigenvalue weighted by Gasteiger charge is 2.34. The third kappa shape index (κ3) is 5.05. The highest BCUT2D eigenvalue weighted by Crippen LogP contribution is 2.46. The van der Waals surface area contributed by atoms with E-state index in [2.05, 4.69) is 9.80 Å². The van der Waals surface area contributed by atoms with E-state index in [1.165, 1.54) is 0 Å². The highest BCUT2D eigenvalue weighted by molar-refractivity contribution is 6.30. The van der Waals surface area contributed by atoms with Crippen molar-refractivity contribution >= 4 is 23.2 Å². The number of nitrogens with zero attached hydrogens (tertiary/aromatic N) is 2. The Bertz CT molecular complexity index is 1490. The predicted molar refractivity (Wildman–Crippen MR) is 158 cm³/mol. The van der Waals surface area contributed by atoms with Crippen molar-refractivity contribution in [3.05, 3.63) is 105 Å². The first-order valence-corrected chi connectivity index (χ1v) is 14.4. The smallest absolute Gasteiger partial charge is 0.231 e. The van der Waals surface area contributed by atoms with E-state index in [1.54, 1.807) is 12.1 Å². The first-order chi connectivity index (χ1) is 20.4. The Morgan fingerprint density at radius 3 is 1.21 bits per heavy atom. The molecule has 0 saturated carbocycles. The molecule has 0 bridgehead atoms. The zero-order valence-corrected chi connectivity index (χ0v) is 24.0. The molecule has 3 heterocycles. The van der Waals surface area contributed by atoms with Gasteiger partial charge in [-0.25, -0.2) is 0 Å². The average molecular weight is 607 g/mol. The topological polar surface area (TPSA) is 83.9 Å². The van der Waals surface area contributed by atoms with Crippen LogP contribution in [0.25, 0.3) is 0 Å².